The third kappa shape index (κ3) is 4.40. The van der Waals surface area contributed by atoms with Crippen LogP contribution < -0.4 is 19.5 Å². The second kappa shape index (κ2) is 9.35. The van der Waals surface area contributed by atoms with E-state index in [2.05, 4.69) is 22.5 Å². The van der Waals surface area contributed by atoms with Gasteiger partial charge in [0.2, 0.25) is 5.75 Å². The number of methoxy groups -OCH3 is 3. The molecule has 0 aliphatic rings. The maximum Gasteiger partial charge on any atom is 0.255 e. The summed E-state index contributed by atoms with van der Waals surface area (Å²) in [5, 5.41) is 7.44. The van der Waals surface area contributed by atoms with Gasteiger partial charge in [-0.15, -0.1) is 0 Å². The van der Waals surface area contributed by atoms with E-state index in [9.17, 15) is 4.79 Å². The number of aryl methyl sites for hydroxylation is 2. The van der Waals surface area contributed by atoms with Gasteiger partial charge in [0, 0.05) is 12.2 Å². The van der Waals surface area contributed by atoms with Crippen molar-refractivity contribution in [1.82, 2.24) is 15.1 Å². The lowest BCUT2D eigenvalue weighted by Gasteiger charge is -2.15. The molecule has 3 aromatic rings. The summed E-state index contributed by atoms with van der Waals surface area (Å²) >= 11 is 0. The van der Waals surface area contributed by atoms with Crippen LogP contribution in [0.5, 0.6) is 17.2 Å². The largest absolute Gasteiger partial charge is 0.493 e. The molecule has 7 heteroatoms. The molecular weight excluding hydrogens is 382 g/mol. The topological polar surface area (TPSA) is 74.6 Å². The van der Waals surface area contributed by atoms with Crippen LogP contribution in [0.1, 0.15) is 27.3 Å². The van der Waals surface area contributed by atoms with Crippen molar-refractivity contribution in [1.29, 1.82) is 0 Å². The smallest absolute Gasteiger partial charge is 0.255 e. The number of hydrogen-bond acceptors (Lipinski definition) is 5. The van der Waals surface area contributed by atoms with E-state index in [1.165, 1.54) is 21.3 Å². The molecule has 0 radical (unpaired) electrons. The molecule has 2 aromatic carbocycles. The normalized spacial score (nSPS) is 10.6. The summed E-state index contributed by atoms with van der Waals surface area (Å²) in [5.74, 6) is 1.02. The first-order valence-electron chi connectivity index (χ1n) is 9.68. The number of carbonyl (C=O) groups excluding carboxylic acids is 1. The van der Waals surface area contributed by atoms with Crippen molar-refractivity contribution < 1.29 is 19.0 Å². The molecule has 7 nitrogen and oxygen atoms in total. The highest BCUT2D eigenvalue weighted by Gasteiger charge is 2.20. The van der Waals surface area contributed by atoms with Crippen molar-refractivity contribution in [3.05, 3.63) is 65.0 Å². The van der Waals surface area contributed by atoms with Crippen molar-refractivity contribution >= 4 is 5.91 Å². The zero-order valence-corrected chi connectivity index (χ0v) is 18.0. The van der Waals surface area contributed by atoms with Crippen LogP contribution in [0.15, 0.2) is 42.5 Å². The van der Waals surface area contributed by atoms with E-state index in [-0.39, 0.29) is 5.91 Å². The Bertz CT molecular complexity index is 1030. The van der Waals surface area contributed by atoms with Gasteiger partial charge in [-0.05, 0) is 56.2 Å². The number of ether oxygens (including phenoxy) is 3. The molecule has 0 unspecified atom stereocenters. The first kappa shape index (κ1) is 21.2. The molecule has 1 N–H and O–H groups in total. The zero-order chi connectivity index (χ0) is 21.7. The third-order valence-electron chi connectivity index (χ3n) is 4.84. The Morgan fingerprint density at radius 3 is 2.23 bits per heavy atom. The molecule has 1 aromatic heterocycles. The SMILES string of the molecule is COc1ccc(C(=O)NCCc2ccc(-n3nc(C)cc3C)cc2)c(OC)c1OC. The van der Waals surface area contributed by atoms with Gasteiger partial charge < -0.3 is 19.5 Å². The first-order valence-corrected chi connectivity index (χ1v) is 9.68. The summed E-state index contributed by atoms with van der Waals surface area (Å²) in [7, 11) is 4.55. The zero-order valence-electron chi connectivity index (χ0n) is 18.0. The second-order valence-corrected chi connectivity index (χ2v) is 6.89. The van der Waals surface area contributed by atoms with Crippen LogP contribution in [0.3, 0.4) is 0 Å². The van der Waals surface area contributed by atoms with E-state index < -0.39 is 0 Å². The number of amides is 1. The molecule has 0 atom stereocenters. The van der Waals surface area contributed by atoms with Crippen LogP contribution >= 0.6 is 0 Å². The molecule has 0 aliphatic heterocycles. The molecule has 30 heavy (non-hydrogen) atoms. The van der Waals surface area contributed by atoms with Gasteiger partial charge in [-0.1, -0.05) is 12.1 Å². The number of carbonyl (C=O) groups is 1. The summed E-state index contributed by atoms with van der Waals surface area (Å²) in [4.78, 5) is 12.7. The lowest BCUT2D eigenvalue weighted by Crippen LogP contribution is -2.26. The minimum atomic E-state index is -0.230. The first-order chi connectivity index (χ1) is 14.5. The summed E-state index contributed by atoms with van der Waals surface area (Å²) in [6.45, 7) is 4.51. The Kier molecular flexibility index (Phi) is 6.61. The molecule has 158 valence electrons. The molecule has 0 spiro atoms. The highest BCUT2D eigenvalue weighted by atomic mass is 16.5. The molecule has 3 rings (SSSR count). The summed E-state index contributed by atoms with van der Waals surface area (Å²) in [5.41, 5.74) is 4.62. The average molecular weight is 409 g/mol. The van der Waals surface area contributed by atoms with E-state index in [0.29, 0.717) is 35.8 Å². The maximum absolute atomic E-state index is 12.7. The monoisotopic (exact) mass is 409 g/mol. The Labute approximate surface area is 176 Å². The Hall–Kier alpha value is -3.48. The van der Waals surface area contributed by atoms with Gasteiger partial charge in [0.25, 0.3) is 5.91 Å². The summed E-state index contributed by atoms with van der Waals surface area (Å²) in [6.07, 6.45) is 0.707. The highest BCUT2D eigenvalue weighted by Crippen LogP contribution is 2.39. The lowest BCUT2D eigenvalue weighted by molar-refractivity contribution is 0.0950. The van der Waals surface area contributed by atoms with E-state index >= 15 is 0 Å². The van der Waals surface area contributed by atoms with Gasteiger partial charge in [0.15, 0.2) is 11.5 Å². The third-order valence-corrected chi connectivity index (χ3v) is 4.84. The Balaban J connectivity index is 1.64. The fraction of sp³-hybridized carbons (Fsp3) is 0.304. The predicted octanol–water partition coefficient (Wildman–Crippen LogP) is 3.49. The number of nitrogens with one attached hydrogen (secondary N) is 1. The van der Waals surface area contributed by atoms with Gasteiger partial charge in [-0.25, -0.2) is 4.68 Å². The van der Waals surface area contributed by atoms with Crippen molar-refractivity contribution in [2.75, 3.05) is 27.9 Å². The van der Waals surface area contributed by atoms with E-state index in [1.54, 1.807) is 12.1 Å². The van der Waals surface area contributed by atoms with Crippen LogP contribution in [-0.2, 0) is 6.42 Å². The fourth-order valence-corrected chi connectivity index (χ4v) is 3.39. The van der Waals surface area contributed by atoms with Gasteiger partial charge >= 0.3 is 0 Å². The minimum Gasteiger partial charge on any atom is -0.493 e. The maximum atomic E-state index is 12.7. The van der Waals surface area contributed by atoms with Crippen molar-refractivity contribution in [2.45, 2.75) is 20.3 Å². The van der Waals surface area contributed by atoms with E-state index in [1.807, 2.05) is 36.7 Å². The average Bonchev–Trinajstić information content (AvgIpc) is 3.10. The quantitative estimate of drug-likeness (QED) is 0.616. The molecule has 0 bridgehead atoms. The molecule has 0 aliphatic carbocycles. The van der Waals surface area contributed by atoms with Gasteiger partial charge in [0.05, 0.1) is 38.3 Å². The van der Waals surface area contributed by atoms with E-state index in [0.717, 1.165) is 22.6 Å². The standard InChI is InChI=1S/C23H27N3O4/c1-15-14-16(2)26(25-15)18-8-6-17(7-9-18)12-13-24-23(27)19-10-11-20(28-3)22(30-5)21(19)29-4/h6-11,14H,12-13H2,1-5H3,(H,24,27). The molecule has 0 saturated heterocycles. The predicted molar refractivity (Wildman–Crippen MR) is 115 cm³/mol. The Morgan fingerprint density at radius 1 is 0.967 bits per heavy atom. The van der Waals surface area contributed by atoms with Crippen molar-refractivity contribution in [2.24, 2.45) is 0 Å². The van der Waals surface area contributed by atoms with Crippen LogP contribution in [0, 0.1) is 13.8 Å². The molecular formula is C23H27N3O4. The number of hydrogen-bond donors (Lipinski definition) is 1. The van der Waals surface area contributed by atoms with Gasteiger partial charge in [0.1, 0.15) is 0 Å². The number of benzene rings is 2. The minimum absolute atomic E-state index is 0.230. The highest BCUT2D eigenvalue weighted by molar-refractivity contribution is 5.98. The van der Waals surface area contributed by atoms with Crippen LogP contribution in [-0.4, -0.2) is 43.6 Å². The second-order valence-electron chi connectivity index (χ2n) is 6.89. The van der Waals surface area contributed by atoms with Crippen molar-refractivity contribution in [3.63, 3.8) is 0 Å². The van der Waals surface area contributed by atoms with Crippen LogP contribution in [0.4, 0.5) is 0 Å². The van der Waals surface area contributed by atoms with Crippen molar-refractivity contribution in [3.8, 4) is 22.9 Å². The number of nitrogens with zero attached hydrogens (tertiary/aromatic N) is 2. The molecule has 1 amide bonds. The Morgan fingerprint density at radius 2 is 1.67 bits per heavy atom. The summed E-state index contributed by atoms with van der Waals surface area (Å²) < 4.78 is 17.9. The van der Waals surface area contributed by atoms with Gasteiger partial charge in [-0.2, -0.15) is 5.10 Å². The molecule has 0 fully saturated rings. The van der Waals surface area contributed by atoms with Crippen LogP contribution in [0.25, 0.3) is 5.69 Å². The molecule has 0 saturated carbocycles. The summed E-state index contributed by atoms with van der Waals surface area (Å²) in [6, 6.07) is 13.6. The van der Waals surface area contributed by atoms with E-state index in [4.69, 9.17) is 14.2 Å². The molecule has 1 heterocycles. The number of rotatable bonds is 8. The fourth-order valence-electron chi connectivity index (χ4n) is 3.39. The number of aromatic nitrogens is 2. The lowest BCUT2D eigenvalue weighted by atomic mass is 10.1. The van der Waals surface area contributed by atoms with Gasteiger partial charge in [-0.3, -0.25) is 4.79 Å². The van der Waals surface area contributed by atoms with Crippen LogP contribution in [0.2, 0.25) is 0 Å².